The summed E-state index contributed by atoms with van der Waals surface area (Å²) in [5.74, 6) is -0.753. The molecule has 1 unspecified atom stereocenters. The van der Waals surface area contributed by atoms with Gasteiger partial charge in [-0.2, -0.15) is 0 Å². The van der Waals surface area contributed by atoms with Gasteiger partial charge in [-0.15, -0.1) is 0 Å². The van der Waals surface area contributed by atoms with Crippen LogP contribution in [0.5, 0.6) is 0 Å². The molecule has 1 aromatic heterocycles. The first-order chi connectivity index (χ1) is 14.7. The highest BCUT2D eigenvalue weighted by atomic mass is 16.6. The molecule has 1 aromatic carbocycles. The number of allylic oxidation sites excluding steroid dienone is 1. The molecule has 0 radical (unpaired) electrons. The van der Waals surface area contributed by atoms with E-state index in [2.05, 4.69) is 21.7 Å². The van der Waals surface area contributed by atoms with E-state index in [1.165, 1.54) is 10.9 Å². The summed E-state index contributed by atoms with van der Waals surface area (Å²) in [6.07, 6.45) is 3.38. The fourth-order valence-electron chi connectivity index (χ4n) is 3.35. The van der Waals surface area contributed by atoms with Gasteiger partial charge in [0.2, 0.25) is 0 Å². The fourth-order valence-corrected chi connectivity index (χ4v) is 3.35. The number of aromatic nitrogens is 2. The first-order valence-electron chi connectivity index (χ1n) is 10.1. The number of nitrogens with zero attached hydrogens (tertiary/aromatic N) is 4. The van der Waals surface area contributed by atoms with E-state index in [0.717, 1.165) is 11.1 Å². The number of ether oxygens (including phenoxy) is 1. The number of aliphatic hydroxyl groups is 1. The molecular weight excluding hydrogens is 396 g/mol. The van der Waals surface area contributed by atoms with Gasteiger partial charge in [-0.05, 0) is 27.7 Å². The van der Waals surface area contributed by atoms with Crippen molar-refractivity contribution >= 4 is 17.7 Å². The van der Waals surface area contributed by atoms with Gasteiger partial charge in [0.05, 0.1) is 24.4 Å². The van der Waals surface area contributed by atoms with Gasteiger partial charge in [0, 0.05) is 24.1 Å². The molecule has 164 valence electrons. The van der Waals surface area contributed by atoms with Gasteiger partial charge >= 0.3 is 0 Å². The second kappa shape index (κ2) is 9.36. The third-order valence-electron chi connectivity index (χ3n) is 5.29. The molecule has 1 N–H and O–H groups in total. The van der Waals surface area contributed by atoms with Crippen molar-refractivity contribution < 1.29 is 14.7 Å². The summed E-state index contributed by atoms with van der Waals surface area (Å²) >= 11 is 0. The summed E-state index contributed by atoms with van der Waals surface area (Å²) in [7, 11) is 0. The number of rotatable bonds is 7. The number of hydrogen-bond acceptors (Lipinski definition) is 7. The molecule has 0 bridgehead atoms. The van der Waals surface area contributed by atoms with Crippen LogP contribution < -0.4 is 5.56 Å². The average Bonchev–Trinajstić information content (AvgIpc) is 3.15. The molecule has 0 aliphatic carbocycles. The molecule has 0 amide bonds. The zero-order valence-electron chi connectivity index (χ0n) is 18.3. The molecule has 0 spiro atoms. The molecule has 1 aliphatic heterocycles. The van der Waals surface area contributed by atoms with Crippen molar-refractivity contribution in [2.24, 2.45) is 16.1 Å². The van der Waals surface area contributed by atoms with Gasteiger partial charge in [0.15, 0.2) is 11.6 Å². The lowest BCUT2D eigenvalue weighted by molar-refractivity contribution is -0.179. The molecule has 8 nitrogen and oxygen atoms in total. The smallest absolute Gasteiger partial charge is 0.258 e. The number of aliphatic imine (C=N–C) groups is 1. The molecule has 8 heteroatoms. The van der Waals surface area contributed by atoms with E-state index in [4.69, 9.17) is 9.57 Å². The number of hydrogen-bond donors (Lipinski definition) is 1. The van der Waals surface area contributed by atoms with Crippen molar-refractivity contribution in [2.75, 3.05) is 6.61 Å². The van der Waals surface area contributed by atoms with Crippen LogP contribution in [0.15, 0.2) is 57.9 Å². The summed E-state index contributed by atoms with van der Waals surface area (Å²) in [6, 6.07) is 7.62. The summed E-state index contributed by atoms with van der Waals surface area (Å²) in [5.41, 5.74) is 2.75. The van der Waals surface area contributed by atoms with Crippen molar-refractivity contribution in [3.63, 3.8) is 0 Å². The Balaban J connectivity index is 1.62. The van der Waals surface area contributed by atoms with Crippen molar-refractivity contribution in [1.82, 2.24) is 9.55 Å². The molecule has 2 atom stereocenters. The van der Waals surface area contributed by atoms with Crippen LogP contribution in [0.4, 0.5) is 5.82 Å². The Hall–Kier alpha value is -3.10. The first-order valence-corrected chi connectivity index (χ1v) is 10.1. The van der Waals surface area contributed by atoms with Crippen molar-refractivity contribution in [3.8, 4) is 0 Å². The minimum absolute atomic E-state index is 0.100. The fraction of sp³-hybridized carbons (Fsp3) is 0.391. The third-order valence-corrected chi connectivity index (χ3v) is 5.29. The second-order valence-electron chi connectivity index (χ2n) is 7.74. The zero-order valence-corrected chi connectivity index (χ0v) is 18.3. The number of oxime groups is 1. The number of benzene rings is 1. The lowest BCUT2D eigenvalue weighted by Gasteiger charge is -2.22. The van der Waals surface area contributed by atoms with Crippen LogP contribution >= 0.6 is 0 Å². The van der Waals surface area contributed by atoms with Crippen LogP contribution in [0.1, 0.15) is 37.0 Å². The molecule has 1 aliphatic rings. The van der Waals surface area contributed by atoms with Gasteiger partial charge in [0.25, 0.3) is 5.56 Å². The van der Waals surface area contributed by atoms with Crippen LogP contribution in [0.3, 0.4) is 0 Å². The molecule has 2 aromatic rings. The lowest BCUT2D eigenvalue weighted by atomic mass is 9.94. The van der Waals surface area contributed by atoms with E-state index in [-0.39, 0.29) is 18.0 Å². The minimum Gasteiger partial charge on any atom is -0.362 e. The molecule has 0 saturated carbocycles. The summed E-state index contributed by atoms with van der Waals surface area (Å²) in [4.78, 5) is 26.1. The van der Waals surface area contributed by atoms with E-state index in [0.29, 0.717) is 35.9 Å². The summed E-state index contributed by atoms with van der Waals surface area (Å²) in [5, 5.41) is 15.0. The molecule has 1 saturated heterocycles. The maximum absolute atomic E-state index is 12.4. The Morgan fingerprint density at radius 3 is 2.81 bits per heavy atom. The van der Waals surface area contributed by atoms with Gasteiger partial charge < -0.3 is 14.7 Å². The zero-order chi connectivity index (χ0) is 22.6. The van der Waals surface area contributed by atoms with Crippen LogP contribution in [0, 0.1) is 19.8 Å². The van der Waals surface area contributed by atoms with Gasteiger partial charge in [-0.3, -0.25) is 9.36 Å². The van der Waals surface area contributed by atoms with E-state index in [9.17, 15) is 9.90 Å². The third kappa shape index (κ3) is 5.15. The highest BCUT2D eigenvalue weighted by Crippen LogP contribution is 2.37. The topological polar surface area (TPSA) is 98.3 Å². The predicted molar refractivity (Wildman–Crippen MR) is 120 cm³/mol. The van der Waals surface area contributed by atoms with Gasteiger partial charge in [-0.1, -0.05) is 41.6 Å². The number of aryl methyl sites for hydroxylation is 1. The summed E-state index contributed by atoms with van der Waals surface area (Å²) in [6.45, 7) is 11.5. The van der Waals surface area contributed by atoms with E-state index < -0.39 is 5.79 Å². The standard InChI is InChI=1S/C23H28N4O4/c1-6-24-21-17(4)22(28)27(14-25-21)12-16(3)31-26-18(5)19-11-23(29,30-13-19)20-9-7-15(2)8-10-20/h6-10,14,19,29H,3,11-13H2,1-2,4-5H3/b24-6-,26-18+/t19?,23-/m1/s1. The van der Waals surface area contributed by atoms with Gasteiger partial charge in [0.1, 0.15) is 12.1 Å². The molecule has 3 rings (SSSR count). The van der Waals surface area contributed by atoms with Crippen LogP contribution in [-0.2, 0) is 21.9 Å². The Bertz CT molecular complexity index is 1070. The lowest BCUT2D eigenvalue weighted by Crippen LogP contribution is -2.24. The molecule has 31 heavy (non-hydrogen) atoms. The molecule has 1 fully saturated rings. The average molecular weight is 425 g/mol. The Kier molecular flexibility index (Phi) is 6.82. The SMILES string of the molecule is C=C(Cn1cnc(/N=C\C)c(C)c1=O)O/N=C(\C)C1CO[C@@](O)(c2ccc(C)cc2)C1. The van der Waals surface area contributed by atoms with Crippen LogP contribution in [-0.4, -0.2) is 33.2 Å². The maximum atomic E-state index is 12.4. The monoisotopic (exact) mass is 424 g/mol. The molecular formula is C23H28N4O4. The minimum atomic E-state index is -1.34. The largest absolute Gasteiger partial charge is 0.362 e. The van der Waals surface area contributed by atoms with Crippen LogP contribution in [0.25, 0.3) is 0 Å². The van der Waals surface area contributed by atoms with Crippen molar-refractivity contribution in [2.45, 2.75) is 46.4 Å². The summed E-state index contributed by atoms with van der Waals surface area (Å²) < 4.78 is 7.09. The first kappa shape index (κ1) is 22.6. The highest BCUT2D eigenvalue weighted by Gasteiger charge is 2.41. The van der Waals surface area contributed by atoms with Gasteiger partial charge in [-0.25, -0.2) is 9.98 Å². The molecule has 2 heterocycles. The Labute approximate surface area is 181 Å². The van der Waals surface area contributed by atoms with E-state index in [1.54, 1.807) is 20.1 Å². The maximum Gasteiger partial charge on any atom is 0.258 e. The predicted octanol–water partition coefficient (Wildman–Crippen LogP) is 3.37. The quantitative estimate of drug-likeness (QED) is 0.417. The second-order valence-corrected chi connectivity index (χ2v) is 7.74. The normalized spacial score (nSPS) is 21.6. The van der Waals surface area contributed by atoms with Crippen LogP contribution in [0.2, 0.25) is 0 Å². The highest BCUT2D eigenvalue weighted by molar-refractivity contribution is 5.84. The van der Waals surface area contributed by atoms with E-state index in [1.807, 2.05) is 38.1 Å². The van der Waals surface area contributed by atoms with E-state index >= 15 is 0 Å². The Morgan fingerprint density at radius 2 is 2.13 bits per heavy atom. The van der Waals surface area contributed by atoms with Crippen molar-refractivity contribution in [1.29, 1.82) is 0 Å². The van der Waals surface area contributed by atoms with Crippen molar-refractivity contribution in [3.05, 3.63) is 70.0 Å². The Morgan fingerprint density at radius 1 is 1.42 bits per heavy atom.